The summed E-state index contributed by atoms with van der Waals surface area (Å²) in [6.07, 6.45) is 1.68. The number of amides is 1. The Morgan fingerprint density at radius 3 is 2.84 bits per heavy atom. The number of carbonyl (C=O) groups is 1. The highest BCUT2D eigenvalue weighted by atomic mass is 16.1. The summed E-state index contributed by atoms with van der Waals surface area (Å²) < 4.78 is 1.89. The molecule has 6 nitrogen and oxygen atoms in total. The van der Waals surface area contributed by atoms with Crippen molar-refractivity contribution in [3.8, 4) is 16.9 Å². The average molecular weight is 331 g/mol. The van der Waals surface area contributed by atoms with E-state index in [1.54, 1.807) is 6.33 Å². The smallest absolute Gasteiger partial charge is 0.221 e. The molecule has 1 amide bonds. The number of imidazole rings is 1. The minimum absolute atomic E-state index is 0.0943. The SMILES string of the molecule is CC(=O)Nc1cccc(-c2cc(C)nn2-c2cccc3[nH]cnc23)c1. The predicted molar refractivity (Wildman–Crippen MR) is 97.7 cm³/mol. The number of rotatable bonds is 3. The molecular formula is C19H17N5O. The molecule has 0 unspecified atom stereocenters. The van der Waals surface area contributed by atoms with Crippen molar-refractivity contribution in [3.05, 3.63) is 60.6 Å². The Morgan fingerprint density at radius 1 is 1.16 bits per heavy atom. The van der Waals surface area contributed by atoms with Crippen molar-refractivity contribution < 1.29 is 4.79 Å². The summed E-state index contributed by atoms with van der Waals surface area (Å²) in [6, 6.07) is 15.7. The maximum absolute atomic E-state index is 11.3. The Labute approximate surface area is 144 Å². The van der Waals surface area contributed by atoms with Crippen molar-refractivity contribution in [3.63, 3.8) is 0 Å². The van der Waals surface area contributed by atoms with Crippen molar-refractivity contribution in [2.45, 2.75) is 13.8 Å². The van der Waals surface area contributed by atoms with Crippen LogP contribution < -0.4 is 5.32 Å². The summed E-state index contributed by atoms with van der Waals surface area (Å²) >= 11 is 0. The van der Waals surface area contributed by atoms with E-state index in [9.17, 15) is 4.79 Å². The van der Waals surface area contributed by atoms with Crippen LogP contribution in [0.4, 0.5) is 5.69 Å². The molecule has 2 heterocycles. The van der Waals surface area contributed by atoms with Gasteiger partial charge in [-0.15, -0.1) is 0 Å². The minimum Gasteiger partial charge on any atom is -0.345 e. The van der Waals surface area contributed by atoms with Crippen LogP contribution in [0.25, 0.3) is 28.0 Å². The zero-order valence-corrected chi connectivity index (χ0v) is 13.9. The lowest BCUT2D eigenvalue weighted by Crippen LogP contribution is -2.06. The van der Waals surface area contributed by atoms with E-state index < -0.39 is 0 Å². The van der Waals surface area contributed by atoms with Gasteiger partial charge in [0.05, 0.1) is 28.9 Å². The van der Waals surface area contributed by atoms with Crippen LogP contribution in [0.15, 0.2) is 54.9 Å². The molecule has 0 atom stereocenters. The Morgan fingerprint density at radius 2 is 2.00 bits per heavy atom. The molecule has 6 heteroatoms. The number of anilines is 1. The maximum Gasteiger partial charge on any atom is 0.221 e. The van der Waals surface area contributed by atoms with Crippen LogP contribution in [0, 0.1) is 6.92 Å². The molecule has 0 saturated carbocycles. The van der Waals surface area contributed by atoms with Gasteiger partial charge < -0.3 is 10.3 Å². The molecule has 0 fully saturated rings. The molecular weight excluding hydrogens is 314 g/mol. The van der Waals surface area contributed by atoms with E-state index in [1.165, 1.54) is 6.92 Å². The minimum atomic E-state index is -0.0943. The molecule has 4 rings (SSSR count). The highest BCUT2D eigenvalue weighted by molar-refractivity contribution is 5.89. The first-order chi connectivity index (χ1) is 12.1. The Balaban J connectivity index is 1.88. The van der Waals surface area contributed by atoms with E-state index in [0.717, 1.165) is 39.4 Å². The number of hydrogen-bond acceptors (Lipinski definition) is 3. The quantitative estimate of drug-likeness (QED) is 0.601. The fourth-order valence-corrected chi connectivity index (χ4v) is 2.97. The van der Waals surface area contributed by atoms with Crippen molar-refractivity contribution in [1.29, 1.82) is 0 Å². The number of fused-ring (bicyclic) bond motifs is 1. The van der Waals surface area contributed by atoms with Gasteiger partial charge in [-0.25, -0.2) is 9.67 Å². The number of nitrogens with one attached hydrogen (secondary N) is 2. The summed E-state index contributed by atoms with van der Waals surface area (Å²) in [5.41, 5.74) is 6.32. The molecule has 4 aromatic rings. The van der Waals surface area contributed by atoms with E-state index in [1.807, 2.05) is 60.1 Å². The van der Waals surface area contributed by atoms with Crippen LogP contribution in [-0.4, -0.2) is 25.7 Å². The van der Waals surface area contributed by atoms with E-state index >= 15 is 0 Å². The number of para-hydroxylation sites is 1. The Bertz CT molecular complexity index is 1080. The second-order valence-corrected chi connectivity index (χ2v) is 5.92. The van der Waals surface area contributed by atoms with Gasteiger partial charge in [0.25, 0.3) is 0 Å². The monoisotopic (exact) mass is 331 g/mol. The molecule has 0 bridgehead atoms. The lowest BCUT2D eigenvalue weighted by Gasteiger charge is -2.10. The highest BCUT2D eigenvalue weighted by Crippen LogP contribution is 2.28. The largest absolute Gasteiger partial charge is 0.345 e. The zero-order valence-electron chi connectivity index (χ0n) is 13.9. The van der Waals surface area contributed by atoms with E-state index in [4.69, 9.17) is 0 Å². The number of aryl methyl sites for hydroxylation is 1. The van der Waals surface area contributed by atoms with Gasteiger partial charge in [0.2, 0.25) is 5.91 Å². The molecule has 0 radical (unpaired) electrons. The number of nitrogens with zero attached hydrogens (tertiary/aromatic N) is 3. The second-order valence-electron chi connectivity index (χ2n) is 5.92. The Hall–Kier alpha value is -3.41. The van der Waals surface area contributed by atoms with Crippen LogP contribution in [0.1, 0.15) is 12.6 Å². The van der Waals surface area contributed by atoms with Crippen LogP contribution in [0.2, 0.25) is 0 Å². The number of carbonyl (C=O) groups excluding carboxylic acids is 1. The summed E-state index contributed by atoms with van der Waals surface area (Å²) in [7, 11) is 0. The van der Waals surface area contributed by atoms with Crippen molar-refractivity contribution >= 4 is 22.6 Å². The number of aromatic amines is 1. The normalized spacial score (nSPS) is 11.0. The van der Waals surface area contributed by atoms with Gasteiger partial charge in [-0.05, 0) is 37.3 Å². The molecule has 2 N–H and O–H groups in total. The van der Waals surface area contributed by atoms with Crippen molar-refractivity contribution in [2.24, 2.45) is 0 Å². The third-order valence-electron chi connectivity index (χ3n) is 3.97. The van der Waals surface area contributed by atoms with Gasteiger partial charge >= 0.3 is 0 Å². The standard InChI is InChI=1S/C19H17N5O/c1-12-9-18(14-5-3-6-15(10-14)22-13(2)25)24(23-12)17-8-4-7-16-19(17)21-11-20-16/h3-11H,1-2H3,(H,20,21)(H,22,25). The molecule has 124 valence electrons. The number of H-pyrrole nitrogens is 1. The average Bonchev–Trinajstić information content (AvgIpc) is 3.20. The predicted octanol–water partition coefficient (Wildman–Crippen LogP) is 3.68. The molecule has 2 aromatic heterocycles. The van der Waals surface area contributed by atoms with E-state index in [2.05, 4.69) is 20.4 Å². The number of aromatic nitrogens is 4. The maximum atomic E-state index is 11.3. The summed E-state index contributed by atoms with van der Waals surface area (Å²) in [4.78, 5) is 18.9. The van der Waals surface area contributed by atoms with Crippen molar-refractivity contribution in [1.82, 2.24) is 19.7 Å². The van der Waals surface area contributed by atoms with Crippen LogP contribution in [0.5, 0.6) is 0 Å². The molecule has 0 aliphatic rings. The topological polar surface area (TPSA) is 75.6 Å². The molecule has 2 aromatic carbocycles. The van der Waals surface area contributed by atoms with Crippen molar-refractivity contribution in [2.75, 3.05) is 5.32 Å². The summed E-state index contributed by atoms with van der Waals surface area (Å²) in [5, 5.41) is 7.47. The molecule has 0 aliphatic carbocycles. The lowest BCUT2D eigenvalue weighted by molar-refractivity contribution is -0.114. The second kappa shape index (κ2) is 5.90. The summed E-state index contributed by atoms with van der Waals surface area (Å²) in [5.74, 6) is -0.0943. The first kappa shape index (κ1) is 15.1. The van der Waals surface area contributed by atoms with Crippen LogP contribution in [0.3, 0.4) is 0 Å². The van der Waals surface area contributed by atoms with Gasteiger partial charge in [-0.2, -0.15) is 5.10 Å². The highest BCUT2D eigenvalue weighted by Gasteiger charge is 2.14. The summed E-state index contributed by atoms with van der Waals surface area (Å²) in [6.45, 7) is 3.46. The Kier molecular flexibility index (Phi) is 3.57. The first-order valence-electron chi connectivity index (χ1n) is 7.99. The van der Waals surface area contributed by atoms with Gasteiger partial charge in [0.1, 0.15) is 5.52 Å². The van der Waals surface area contributed by atoms with Gasteiger partial charge in [-0.3, -0.25) is 4.79 Å². The fourth-order valence-electron chi connectivity index (χ4n) is 2.97. The van der Waals surface area contributed by atoms with Crippen LogP contribution in [-0.2, 0) is 4.79 Å². The van der Waals surface area contributed by atoms with Gasteiger partial charge in [-0.1, -0.05) is 18.2 Å². The van der Waals surface area contributed by atoms with Crippen LogP contribution >= 0.6 is 0 Å². The van der Waals surface area contributed by atoms with E-state index in [0.29, 0.717) is 0 Å². The molecule has 25 heavy (non-hydrogen) atoms. The fraction of sp³-hybridized carbons (Fsp3) is 0.105. The molecule has 0 spiro atoms. The first-order valence-corrected chi connectivity index (χ1v) is 7.99. The lowest BCUT2D eigenvalue weighted by atomic mass is 10.1. The number of hydrogen-bond donors (Lipinski definition) is 2. The van der Waals surface area contributed by atoms with Gasteiger partial charge in [0.15, 0.2) is 0 Å². The zero-order chi connectivity index (χ0) is 17.4. The third-order valence-corrected chi connectivity index (χ3v) is 3.97. The number of benzene rings is 2. The molecule has 0 saturated heterocycles. The van der Waals surface area contributed by atoms with Gasteiger partial charge in [0, 0.05) is 18.2 Å². The molecule has 0 aliphatic heterocycles. The van der Waals surface area contributed by atoms with E-state index in [-0.39, 0.29) is 5.91 Å². The third kappa shape index (κ3) is 2.78.